The SMILES string of the molecule is CCOS(=O)(=O)OCCO. The van der Waals surface area contributed by atoms with Crippen molar-refractivity contribution >= 4 is 10.4 Å². The smallest absolute Gasteiger partial charge is 0.394 e. The quantitative estimate of drug-likeness (QED) is 0.589. The molecule has 1 N–H and O–H groups in total. The molecule has 0 fully saturated rings. The van der Waals surface area contributed by atoms with E-state index >= 15 is 0 Å². The van der Waals surface area contributed by atoms with E-state index in [4.69, 9.17) is 5.11 Å². The van der Waals surface area contributed by atoms with Crippen molar-refractivity contribution in [2.24, 2.45) is 0 Å². The summed E-state index contributed by atoms with van der Waals surface area (Å²) >= 11 is 0. The molecule has 0 bridgehead atoms. The zero-order valence-corrected chi connectivity index (χ0v) is 6.43. The van der Waals surface area contributed by atoms with Gasteiger partial charge in [0.05, 0.1) is 19.8 Å². The summed E-state index contributed by atoms with van der Waals surface area (Å²) in [5.74, 6) is 0. The summed E-state index contributed by atoms with van der Waals surface area (Å²) in [6, 6.07) is 0. The summed E-state index contributed by atoms with van der Waals surface area (Å²) in [5, 5.41) is 8.15. The first-order valence-electron chi connectivity index (χ1n) is 2.77. The largest absolute Gasteiger partial charge is 0.399 e. The molecule has 0 aromatic carbocycles. The first-order chi connectivity index (χ1) is 4.62. The van der Waals surface area contributed by atoms with Gasteiger partial charge in [0.2, 0.25) is 0 Å². The zero-order valence-electron chi connectivity index (χ0n) is 5.61. The van der Waals surface area contributed by atoms with Crippen molar-refractivity contribution < 1.29 is 21.9 Å². The third kappa shape index (κ3) is 4.68. The molecule has 0 atom stereocenters. The monoisotopic (exact) mass is 170 g/mol. The van der Waals surface area contributed by atoms with Gasteiger partial charge in [-0.15, -0.1) is 0 Å². The lowest BCUT2D eigenvalue weighted by atomic mass is 10.8. The van der Waals surface area contributed by atoms with Crippen LogP contribution in [0.4, 0.5) is 0 Å². The molecule has 0 amide bonds. The van der Waals surface area contributed by atoms with E-state index in [-0.39, 0.29) is 19.8 Å². The molecule has 0 saturated carbocycles. The number of rotatable bonds is 5. The van der Waals surface area contributed by atoms with Crippen molar-refractivity contribution in [2.45, 2.75) is 6.92 Å². The normalized spacial score (nSPS) is 11.8. The van der Waals surface area contributed by atoms with Crippen LogP contribution in [-0.2, 0) is 18.8 Å². The Morgan fingerprint density at radius 2 is 2.00 bits per heavy atom. The summed E-state index contributed by atoms with van der Waals surface area (Å²) in [7, 11) is -3.85. The van der Waals surface area contributed by atoms with E-state index in [1.165, 1.54) is 6.92 Å². The maximum absolute atomic E-state index is 10.4. The summed E-state index contributed by atoms with van der Waals surface area (Å²) < 4.78 is 29.2. The molecule has 0 unspecified atom stereocenters. The molecule has 0 heterocycles. The first kappa shape index (κ1) is 9.83. The standard InChI is InChI=1S/C4H10O5S/c1-2-8-10(6,7)9-4-3-5/h5H,2-4H2,1H3. The molecule has 0 aliphatic heterocycles. The minimum absolute atomic E-state index is 0.0355. The fourth-order valence-corrected chi connectivity index (χ4v) is 0.953. The second kappa shape index (κ2) is 4.62. The first-order valence-corrected chi connectivity index (χ1v) is 4.10. The van der Waals surface area contributed by atoms with Crippen LogP contribution in [0, 0.1) is 0 Å². The Bertz CT molecular complexity index is 160. The molecule has 0 rings (SSSR count). The van der Waals surface area contributed by atoms with E-state index in [9.17, 15) is 8.42 Å². The highest BCUT2D eigenvalue weighted by Gasteiger charge is 2.08. The Hall–Kier alpha value is -0.170. The molecule has 62 valence electrons. The maximum Gasteiger partial charge on any atom is 0.399 e. The van der Waals surface area contributed by atoms with Gasteiger partial charge in [-0.25, -0.2) is 8.37 Å². The molecule has 0 saturated heterocycles. The third-order valence-electron chi connectivity index (χ3n) is 0.581. The lowest BCUT2D eigenvalue weighted by molar-refractivity contribution is 0.171. The van der Waals surface area contributed by atoms with Gasteiger partial charge in [-0.1, -0.05) is 0 Å². The van der Waals surface area contributed by atoms with Gasteiger partial charge in [-0.2, -0.15) is 8.42 Å². The lowest BCUT2D eigenvalue weighted by Crippen LogP contribution is -2.12. The van der Waals surface area contributed by atoms with Crippen molar-refractivity contribution in [3.8, 4) is 0 Å². The van der Waals surface area contributed by atoms with E-state index in [1.54, 1.807) is 0 Å². The fourth-order valence-electron chi connectivity index (χ4n) is 0.318. The van der Waals surface area contributed by atoms with Gasteiger partial charge in [-0.3, -0.25) is 0 Å². The molecule has 0 spiro atoms. The molecule has 0 aromatic rings. The molecule has 0 aliphatic rings. The predicted octanol–water partition coefficient (Wildman–Crippen LogP) is -0.723. The Balaban J connectivity index is 3.65. The van der Waals surface area contributed by atoms with Gasteiger partial charge in [-0.05, 0) is 6.92 Å². The second-order valence-electron chi connectivity index (χ2n) is 1.36. The molecular weight excluding hydrogens is 160 g/mol. The van der Waals surface area contributed by atoms with Crippen LogP contribution in [0.25, 0.3) is 0 Å². The van der Waals surface area contributed by atoms with E-state index in [1.807, 2.05) is 0 Å². The molecule has 5 nitrogen and oxygen atoms in total. The van der Waals surface area contributed by atoms with E-state index < -0.39 is 10.4 Å². The Morgan fingerprint density at radius 3 is 2.40 bits per heavy atom. The fraction of sp³-hybridized carbons (Fsp3) is 1.00. The van der Waals surface area contributed by atoms with Crippen LogP contribution in [0.15, 0.2) is 0 Å². The van der Waals surface area contributed by atoms with E-state index in [0.717, 1.165) is 0 Å². The predicted molar refractivity (Wildman–Crippen MR) is 33.6 cm³/mol. The van der Waals surface area contributed by atoms with Gasteiger partial charge < -0.3 is 5.11 Å². The second-order valence-corrected chi connectivity index (χ2v) is 2.65. The van der Waals surface area contributed by atoms with Gasteiger partial charge in [0.25, 0.3) is 0 Å². The number of aliphatic hydroxyl groups is 1. The van der Waals surface area contributed by atoms with Crippen molar-refractivity contribution in [2.75, 3.05) is 19.8 Å². The summed E-state index contributed by atoms with van der Waals surface area (Å²) in [4.78, 5) is 0. The number of hydrogen-bond acceptors (Lipinski definition) is 5. The Kier molecular flexibility index (Phi) is 4.54. The van der Waals surface area contributed by atoms with Crippen molar-refractivity contribution in [3.63, 3.8) is 0 Å². The summed E-state index contributed by atoms with van der Waals surface area (Å²) in [6.45, 7) is 0.961. The van der Waals surface area contributed by atoms with Gasteiger partial charge in [0.1, 0.15) is 0 Å². The van der Waals surface area contributed by atoms with Crippen LogP contribution >= 0.6 is 0 Å². The highest BCUT2D eigenvalue weighted by Crippen LogP contribution is 1.93. The van der Waals surface area contributed by atoms with Gasteiger partial charge in [0, 0.05) is 0 Å². The van der Waals surface area contributed by atoms with Crippen LogP contribution in [0.2, 0.25) is 0 Å². The van der Waals surface area contributed by atoms with Crippen molar-refractivity contribution in [1.29, 1.82) is 0 Å². The summed E-state index contributed by atoms with van der Waals surface area (Å²) in [5.41, 5.74) is 0. The summed E-state index contributed by atoms with van der Waals surface area (Å²) in [6.07, 6.45) is 0. The molecule has 6 heteroatoms. The minimum Gasteiger partial charge on any atom is -0.394 e. The Labute approximate surface area is 59.9 Å². The van der Waals surface area contributed by atoms with E-state index in [2.05, 4.69) is 8.37 Å². The van der Waals surface area contributed by atoms with E-state index in [0.29, 0.717) is 0 Å². The number of hydrogen-bond donors (Lipinski definition) is 1. The lowest BCUT2D eigenvalue weighted by Gasteiger charge is -2.00. The minimum atomic E-state index is -3.85. The Morgan fingerprint density at radius 1 is 1.40 bits per heavy atom. The topological polar surface area (TPSA) is 72.8 Å². The average molecular weight is 170 g/mol. The third-order valence-corrected chi connectivity index (χ3v) is 1.56. The van der Waals surface area contributed by atoms with Gasteiger partial charge >= 0.3 is 10.4 Å². The molecule has 10 heavy (non-hydrogen) atoms. The number of aliphatic hydroxyl groups excluding tert-OH is 1. The molecular formula is C4H10O5S. The van der Waals surface area contributed by atoms with Crippen molar-refractivity contribution in [3.05, 3.63) is 0 Å². The van der Waals surface area contributed by atoms with Gasteiger partial charge in [0.15, 0.2) is 0 Å². The molecule has 0 aromatic heterocycles. The highest BCUT2D eigenvalue weighted by atomic mass is 32.3. The maximum atomic E-state index is 10.4. The average Bonchev–Trinajstić information content (AvgIpc) is 1.84. The van der Waals surface area contributed by atoms with Crippen LogP contribution in [0.3, 0.4) is 0 Å². The highest BCUT2D eigenvalue weighted by molar-refractivity contribution is 7.81. The van der Waals surface area contributed by atoms with Crippen LogP contribution in [0.1, 0.15) is 6.92 Å². The van der Waals surface area contributed by atoms with Crippen LogP contribution < -0.4 is 0 Å². The van der Waals surface area contributed by atoms with Crippen LogP contribution in [0.5, 0.6) is 0 Å². The molecule has 0 radical (unpaired) electrons. The zero-order chi connectivity index (χ0) is 8.04. The van der Waals surface area contributed by atoms with Crippen molar-refractivity contribution in [1.82, 2.24) is 0 Å². The van der Waals surface area contributed by atoms with Crippen LogP contribution in [-0.4, -0.2) is 33.3 Å². The molecule has 0 aliphatic carbocycles.